The van der Waals surface area contributed by atoms with E-state index in [2.05, 4.69) is 27.1 Å². The number of nitrogens with zero attached hydrogens (tertiary/aromatic N) is 5. The fourth-order valence-corrected chi connectivity index (χ4v) is 6.57. The molecule has 4 aromatic rings. The molecular weight excluding hydrogens is 503 g/mol. The van der Waals surface area contributed by atoms with Crippen LogP contribution in [0.1, 0.15) is 12.8 Å². The lowest BCUT2D eigenvalue weighted by atomic mass is 9.96. The Balaban J connectivity index is 1.45. The van der Waals surface area contributed by atoms with Crippen LogP contribution < -0.4 is 15.1 Å². The van der Waals surface area contributed by atoms with Crippen molar-refractivity contribution in [3.63, 3.8) is 0 Å². The first-order valence-electron chi connectivity index (χ1n) is 13.3. The minimum absolute atomic E-state index is 0.0621. The Hall–Kier alpha value is -3.20. The van der Waals surface area contributed by atoms with Crippen LogP contribution in [-0.2, 0) is 0 Å². The average Bonchev–Trinajstić information content (AvgIpc) is 3.25. The molecule has 3 saturated heterocycles. The number of fused-ring (bicyclic) bond motifs is 4. The number of hydrogen-bond acceptors (Lipinski definition) is 7. The summed E-state index contributed by atoms with van der Waals surface area (Å²) in [6.45, 7) is 5.02. The molecule has 38 heavy (non-hydrogen) atoms. The van der Waals surface area contributed by atoms with Gasteiger partial charge >= 0.3 is 0 Å². The normalized spacial score (nSPS) is 22.1. The maximum atomic E-state index is 16.7. The van der Waals surface area contributed by atoms with Crippen molar-refractivity contribution in [1.29, 1.82) is 0 Å². The number of phenols is 1. The Kier molecular flexibility index (Phi) is 5.80. The number of aromatic hydroxyl groups is 1. The van der Waals surface area contributed by atoms with Crippen molar-refractivity contribution in [3.05, 3.63) is 53.3 Å². The zero-order valence-electron chi connectivity index (χ0n) is 21.3. The number of hydrogen-bond donors (Lipinski definition) is 2. The molecule has 7 nitrogen and oxygen atoms in total. The number of benzene rings is 3. The summed E-state index contributed by atoms with van der Waals surface area (Å²) in [5.41, 5.74) is 1.06. The van der Waals surface area contributed by atoms with Crippen LogP contribution in [0, 0.1) is 5.82 Å². The summed E-state index contributed by atoms with van der Waals surface area (Å²) in [6, 6.07) is 13.5. The molecule has 196 valence electrons. The molecule has 0 amide bonds. The smallest absolute Gasteiger partial charge is 0.228 e. The van der Waals surface area contributed by atoms with Crippen molar-refractivity contribution in [1.82, 2.24) is 20.2 Å². The number of anilines is 2. The van der Waals surface area contributed by atoms with Crippen molar-refractivity contribution in [2.45, 2.75) is 24.9 Å². The molecule has 0 saturated carbocycles. The van der Waals surface area contributed by atoms with Crippen LogP contribution in [0.25, 0.3) is 32.8 Å². The fourth-order valence-electron chi connectivity index (χ4n) is 6.28. The predicted octanol–water partition coefficient (Wildman–Crippen LogP) is 4.64. The van der Waals surface area contributed by atoms with Gasteiger partial charge in [0.1, 0.15) is 17.1 Å². The minimum Gasteiger partial charge on any atom is -0.508 e. The summed E-state index contributed by atoms with van der Waals surface area (Å²) < 4.78 is 16.7. The monoisotopic (exact) mass is 532 g/mol. The topological polar surface area (TPSA) is 67.8 Å². The largest absolute Gasteiger partial charge is 0.508 e. The molecule has 2 bridgehead atoms. The number of aromatic nitrogens is 2. The summed E-state index contributed by atoms with van der Waals surface area (Å²) in [5, 5.41) is 16.7. The maximum absolute atomic E-state index is 16.7. The van der Waals surface area contributed by atoms with Crippen LogP contribution in [0.2, 0.25) is 5.02 Å². The van der Waals surface area contributed by atoms with E-state index in [0.717, 1.165) is 68.7 Å². The Labute approximate surface area is 225 Å². The molecule has 3 aliphatic rings. The molecule has 3 fully saturated rings. The first-order valence-corrected chi connectivity index (χ1v) is 13.7. The Morgan fingerprint density at radius 3 is 2.45 bits per heavy atom. The van der Waals surface area contributed by atoms with Gasteiger partial charge in [0.15, 0.2) is 5.82 Å². The molecule has 0 aliphatic carbocycles. The highest BCUT2D eigenvalue weighted by Gasteiger charge is 2.34. The van der Waals surface area contributed by atoms with Crippen LogP contribution in [0.15, 0.2) is 42.5 Å². The molecule has 2 atom stereocenters. The van der Waals surface area contributed by atoms with E-state index < -0.39 is 5.82 Å². The number of rotatable bonds is 3. The van der Waals surface area contributed by atoms with Gasteiger partial charge in [0.25, 0.3) is 0 Å². The lowest BCUT2D eigenvalue weighted by molar-refractivity contribution is 0.311. The maximum Gasteiger partial charge on any atom is 0.228 e. The number of halogens is 2. The third kappa shape index (κ3) is 4.02. The van der Waals surface area contributed by atoms with E-state index in [4.69, 9.17) is 21.6 Å². The summed E-state index contributed by atoms with van der Waals surface area (Å²) >= 11 is 6.86. The molecule has 2 N–H and O–H groups in total. The highest BCUT2D eigenvalue weighted by molar-refractivity contribution is 6.35. The summed E-state index contributed by atoms with van der Waals surface area (Å²) in [7, 11) is 2.11. The van der Waals surface area contributed by atoms with Gasteiger partial charge in [0.2, 0.25) is 5.95 Å². The molecule has 4 heterocycles. The molecule has 0 spiro atoms. The zero-order chi connectivity index (χ0) is 26.0. The van der Waals surface area contributed by atoms with Crippen LogP contribution in [-0.4, -0.2) is 78.4 Å². The van der Waals surface area contributed by atoms with Crippen molar-refractivity contribution >= 4 is 45.0 Å². The molecule has 0 radical (unpaired) electrons. The van der Waals surface area contributed by atoms with Gasteiger partial charge in [-0.25, -0.2) is 9.37 Å². The van der Waals surface area contributed by atoms with Gasteiger partial charge in [-0.2, -0.15) is 4.98 Å². The van der Waals surface area contributed by atoms with Crippen molar-refractivity contribution in [2.24, 2.45) is 0 Å². The lowest BCUT2D eigenvalue weighted by Gasteiger charge is -2.36. The standard InChI is InChI=1S/C29H30ClFN6O/c1-35-8-10-36(11-9-35)29-33-27-23(28(34-29)37-15-18-6-7-19(16-37)32-18)14-24(30)25(26(27)31)22-13-20(38)12-17-4-2-3-5-21(17)22/h2-5,12-14,18-19,32,38H,6-11,15-16H2,1H3. The number of likely N-dealkylation sites (N-methyl/N-ethyl adjacent to an activating group) is 1. The minimum atomic E-state index is -0.486. The summed E-state index contributed by atoms with van der Waals surface area (Å²) in [5.74, 6) is 0.877. The van der Waals surface area contributed by atoms with E-state index >= 15 is 4.39 Å². The van der Waals surface area contributed by atoms with Gasteiger partial charge in [-0.15, -0.1) is 0 Å². The van der Waals surface area contributed by atoms with Crippen LogP contribution >= 0.6 is 11.6 Å². The lowest BCUT2D eigenvalue weighted by Crippen LogP contribution is -2.51. The van der Waals surface area contributed by atoms with Gasteiger partial charge in [-0.3, -0.25) is 0 Å². The molecule has 2 unspecified atom stereocenters. The molecule has 7 rings (SSSR count). The third-order valence-electron chi connectivity index (χ3n) is 8.27. The van der Waals surface area contributed by atoms with Gasteiger partial charge in [-0.05, 0) is 54.4 Å². The first kappa shape index (κ1) is 23.9. The average molecular weight is 533 g/mol. The Bertz CT molecular complexity index is 1540. The molecule has 1 aromatic heterocycles. The highest BCUT2D eigenvalue weighted by atomic mass is 35.5. The quantitative estimate of drug-likeness (QED) is 0.398. The second-order valence-corrected chi connectivity index (χ2v) is 11.2. The fraction of sp³-hybridized carbons (Fsp3) is 0.379. The van der Waals surface area contributed by atoms with E-state index in [1.54, 1.807) is 18.2 Å². The van der Waals surface area contributed by atoms with Gasteiger partial charge in [0, 0.05) is 62.3 Å². The number of piperazine rings is 2. The number of nitrogens with one attached hydrogen (secondary N) is 1. The van der Waals surface area contributed by atoms with Gasteiger partial charge < -0.3 is 25.1 Å². The molecule has 9 heteroatoms. The van der Waals surface area contributed by atoms with Crippen molar-refractivity contribution in [3.8, 4) is 16.9 Å². The van der Waals surface area contributed by atoms with E-state index in [0.29, 0.717) is 29.0 Å². The van der Waals surface area contributed by atoms with E-state index in [9.17, 15) is 5.11 Å². The second-order valence-electron chi connectivity index (χ2n) is 10.8. The first-order chi connectivity index (χ1) is 18.4. The second kappa shape index (κ2) is 9.22. The summed E-state index contributed by atoms with van der Waals surface area (Å²) in [4.78, 5) is 16.6. The Morgan fingerprint density at radius 2 is 1.68 bits per heavy atom. The molecular formula is C29H30ClFN6O. The molecule has 3 aliphatic heterocycles. The molecule has 3 aromatic carbocycles. The number of phenolic OH excluding ortho intramolecular Hbond substituents is 1. The zero-order valence-corrected chi connectivity index (χ0v) is 22.0. The van der Waals surface area contributed by atoms with Crippen molar-refractivity contribution < 1.29 is 9.50 Å². The van der Waals surface area contributed by atoms with E-state index in [1.807, 2.05) is 24.3 Å². The summed E-state index contributed by atoms with van der Waals surface area (Å²) in [6.07, 6.45) is 2.28. The van der Waals surface area contributed by atoms with Crippen molar-refractivity contribution in [2.75, 3.05) is 56.1 Å². The van der Waals surface area contributed by atoms with E-state index in [1.165, 1.54) is 0 Å². The van der Waals surface area contributed by atoms with E-state index in [-0.39, 0.29) is 21.9 Å². The van der Waals surface area contributed by atoms with Crippen LogP contribution in [0.4, 0.5) is 16.2 Å². The van der Waals surface area contributed by atoms with Gasteiger partial charge in [0.05, 0.1) is 5.02 Å². The Morgan fingerprint density at radius 1 is 0.947 bits per heavy atom. The predicted molar refractivity (Wildman–Crippen MR) is 151 cm³/mol. The van der Waals surface area contributed by atoms with Crippen LogP contribution in [0.3, 0.4) is 0 Å². The van der Waals surface area contributed by atoms with Gasteiger partial charge in [-0.1, -0.05) is 35.9 Å². The van der Waals surface area contributed by atoms with Crippen LogP contribution in [0.5, 0.6) is 5.75 Å². The third-order valence-corrected chi connectivity index (χ3v) is 8.57. The highest BCUT2D eigenvalue weighted by Crippen LogP contribution is 2.43. The SMILES string of the molecule is CN1CCN(c2nc(N3CC4CCC(C3)N4)c3cc(Cl)c(-c4cc(O)cc5ccccc45)c(F)c3n2)CC1.